The lowest BCUT2D eigenvalue weighted by atomic mass is 9.84. The summed E-state index contributed by atoms with van der Waals surface area (Å²) in [5.74, 6) is 3.02. The molecule has 4 unspecified atom stereocenters. The molecule has 1 aromatic carbocycles. The number of fused-ring (bicyclic) bond motifs is 1. The second-order valence-electron chi connectivity index (χ2n) is 5.62. The predicted molar refractivity (Wildman–Crippen MR) is 73.0 cm³/mol. The van der Waals surface area contributed by atoms with Crippen LogP contribution in [0.25, 0.3) is 0 Å². The first-order valence-electron chi connectivity index (χ1n) is 6.67. The first-order chi connectivity index (χ1) is 8.25. The van der Waals surface area contributed by atoms with E-state index in [0.717, 1.165) is 23.7 Å². The molecule has 0 radical (unpaired) electrons. The van der Waals surface area contributed by atoms with E-state index >= 15 is 0 Å². The Bertz CT molecular complexity index is 449. The fourth-order valence-electron chi connectivity index (χ4n) is 3.50. The van der Waals surface area contributed by atoms with Crippen LogP contribution in [0.5, 0.6) is 0 Å². The van der Waals surface area contributed by atoms with Crippen molar-refractivity contribution in [2.75, 3.05) is 0 Å². The molecule has 0 spiro atoms. The molecule has 0 saturated heterocycles. The lowest BCUT2D eigenvalue weighted by molar-refractivity contribution is 0.430. The minimum absolute atomic E-state index is 0.734. The molecule has 0 aromatic heterocycles. The van der Waals surface area contributed by atoms with Gasteiger partial charge in [0.05, 0.1) is 0 Å². The fraction of sp³-hybridized carbons (Fsp3) is 0.412. The Morgan fingerprint density at radius 1 is 1.00 bits per heavy atom. The SMILES string of the molecule is Cc1ccc(C2CC3C=CC=CC3C2C)cc1. The number of rotatable bonds is 1. The van der Waals surface area contributed by atoms with E-state index in [9.17, 15) is 0 Å². The summed E-state index contributed by atoms with van der Waals surface area (Å²) in [4.78, 5) is 0. The van der Waals surface area contributed by atoms with Gasteiger partial charge in [0, 0.05) is 0 Å². The van der Waals surface area contributed by atoms with E-state index in [-0.39, 0.29) is 0 Å². The van der Waals surface area contributed by atoms with Crippen molar-refractivity contribution in [3.05, 3.63) is 59.7 Å². The van der Waals surface area contributed by atoms with Crippen LogP contribution in [0.4, 0.5) is 0 Å². The molecule has 1 saturated carbocycles. The van der Waals surface area contributed by atoms with Gasteiger partial charge in [-0.25, -0.2) is 0 Å². The van der Waals surface area contributed by atoms with E-state index in [1.54, 1.807) is 0 Å². The van der Waals surface area contributed by atoms with E-state index in [1.807, 2.05) is 0 Å². The van der Waals surface area contributed by atoms with E-state index < -0.39 is 0 Å². The molecule has 4 atom stereocenters. The number of aryl methyl sites for hydroxylation is 1. The molecule has 0 heterocycles. The van der Waals surface area contributed by atoms with Gasteiger partial charge >= 0.3 is 0 Å². The van der Waals surface area contributed by atoms with Crippen LogP contribution in [-0.2, 0) is 0 Å². The molecule has 1 aromatic rings. The molecule has 2 aliphatic carbocycles. The number of hydrogen-bond donors (Lipinski definition) is 0. The zero-order valence-corrected chi connectivity index (χ0v) is 10.6. The molecule has 0 N–H and O–H groups in total. The Morgan fingerprint density at radius 2 is 1.71 bits per heavy atom. The molecule has 17 heavy (non-hydrogen) atoms. The normalized spacial score (nSPS) is 34.9. The maximum absolute atomic E-state index is 2.42. The summed E-state index contributed by atoms with van der Waals surface area (Å²) in [6.07, 6.45) is 10.6. The lowest BCUT2D eigenvalue weighted by Crippen LogP contribution is -2.12. The van der Waals surface area contributed by atoms with Gasteiger partial charge in [-0.3, -0.25) is 0 Å². The Kier molecular flexibility index (Phi) is 2.66. The molecular formula is C17H20. The van der Waals surface area contributed by atoms with Crippen LogP contribution >= 0.6 is 0 Å². The highest BCUT2D eigenvalue weighted by Crippen LogP contribution is 2.49. The summed E-state index contributed by atoms with van der Waals surface area (Å²) in [6.45, 7) is 4.58. The smallest absolute Gasteiger partial charge is 0.0125 e. The summed E-state index contributed by atoms with van der Waals surface area (Å²) in [5.41, 5.74) is 2.89. The van der Waals surface area contributed by atoms with Crippen LogP contribution < -0.4 is 0 Å². The van der Waals surface area contributed by atoms with E-state index in [4.69, 9.17) is 0 Å². The third-order valence-electron chi connectivity index (χ3n) is 4.57. The minimum Gasteiger partial charge on any atom is -0.0808 e. The van der Waals surface area contributed by atoms with Crippen LogP contribution in [0.3, 0.4) is 0 Å². The maximum atomic E-state index is 2.42. The average Bonchev–Trinajstić information content (AvgIpc) is 2.69. The van der Waals surface area contributed by atoms with E-state index in [1.165, 1.54) is 17.5 Å². The Morgan fingerprint density at radius 3 is 2.41 bits per heavy atom. The summed E-state index contributed by atoms with van der Waals surface area (Å²) in [5, 5.41) is 0. The average molecular weight is 224 g/mol. The predicted octanol–water partition coefficient (Wildman–Crippen LogP) is 4.48. The Balaban J connectivity index is 1.88. The highest BCUT2D eigenvalue weighted by atomic mass is 14.4. The quantitative estimate of drug-likeness (QED) is 0.660. The van der Waals surface area contributed by atoms with Crippen LogP contribution in [0, 0.1) is 24.7 Å². The maximum Gasteiger partial charge on any atom is -0.0125 e. The minimum atomic E-state index is 0.734. The largest absolute Gasteiger partial charge is 0.0808 e. The van der Waals surface area contributed by atoms with Gasteiger partial charge in [-0.15, -0.1) is 0 Å². The Labute approximate surface area is 104 Å². The van der Waals surface area contributed by atoms with Crippen molar-refractivity contribution < 1.29 is 0 Å². The van der Waals surface area contributed by atoms with Crippen molar-refractivity contribution in [2.45, 2.75) is 26.2 Å². The van der Waals surface area contributed by atoms with Gasteiger partial charge in [-0.1, -0.05) is 61.1 Å². The third-order valence-corrected chi connectivity index (χ3v) is 4.57. The molecular weight excluding hydrogens is 204 g/mol. The molecule has 2 aliphatic rings. The second kappa shape index (κ2) is 4.18. The van der Waals surface area contributed by atoms with Crippen LogP contribution in [0.1, 0.15) is 30.4 Å². The first-order valence-corrected chi connectivity index (χ1v) is 6.67. The van der Waals surface area contributed by atoms with Crippen molar-refractivity contribution in [3.8, 4) is 0 Å². The summed E-state index contributed by atoms with van der Waals surface area (Å²) in [6, 6.07) is 9.13. The Hall–Kier alpha value is -1.30. The van der Waals surface area contributed by atoms with Gasteiger partial charge in [0.2, 0.25) is 0 Å². The van der Waals surface area contributed by atoms with Gasteiger partial charge < -0.3 is 0 Å². The van der Waals surface area contributed by atoms with Gasteiger partial charge in [0.1, 0.15) is 0 Å². The van der Waals surface area contributed by atoms with E-state index in [2.05, 4.69) is 62.4 Å². The van der Waals surface area contributed by atoms with Crippen molar-refractivity contribution in [1.82, 2.24) is 0 Å². The van der Waals surface area contributed by atoms with Crippen molar-refractivity contribution >= 4 is 0 Å². The standard InChI is InChI=1S/C17H20/c1-12-7-9-14(10-8-12)17-11-15-5-3-4-6-16(15)13(17)2/h3-10,13,15-17H,11H2,1-2H3. The monoisotopic (exact) mass is 224 g/mol. The van der Waals surface area contributed by atoms with Gasteiger partial charge in [0.25, 0.3) is 0 Å². The van der Waals surface area contributed by atoms with Gasteiger partial charge in [-0.05, 0) is 42.6 Å². The molecule has 88 valence electrons. The number of hydrogen-bond acceptors (Lipinski definition) is 0. The molecule has 0 amide bonds. The lowest BCUT2D eigenvalue weighted by Gasteiger charge is -2.21. The second-order valence-corrected chi connectivity index (χ2v) is 5.62. The highest BCUT2D eigenvalue weighted by Gasteiger charge is 2.38. The van der Waals surface area contributed by atoms with Crippen LogP contribution in [0.2, 0.25) is 0 Å². The number of benzene rings is 1. The van der Waals surface area contributed by atoms with Crippen molar-refractivity contribution in [2.24, 2.45) is 17.8 Å². The topological polar surface area (TPSA) is 0 Å². The molecule has 1 fully saturated rings. The van der Waals surface area contributed by atoms with Crippen LogP contribution in [0.15, 0.2) is 48.6 Å². The zero-order chi connectivity index (χ0) is 11.8. The first kappa shape index (κ1) is 10.8. The molecule has 3 rings (SSSR count). The van der Waals surface area contributed by atoms with Crippen molar-refractivity contribution in [1.29, 1.82) is 0 Å². The summed E-state index contributed by atoms with van der Waals surface area (Å²) in [7, 11) is 0. The summed E-state index contributed by atoms with van der Waals surface area (Å²) >= 11 is 0. The zero-order valence-electron chi connectivity index (χ0n) is 10.6. The molecule has 0 heteroatoms. The van der Waals surface area contributed by atoms with Crippen LogP contribution in [-0.4, -0.2) is 0 Å². The highest BCUT2D eigenvalue weighted by molar-refractivity contribution is 5.29. The van der Waals surface area contributed by atoms with Gasteiger partial charge in [0.15, 0.2) is 0 Å². The number of allylic oxidation sites excluding steroid dienone is 4. The molecule has 0 bridgehead atoms. The van der Waals surface area contributed by atoms with E-state index in [0.29, 0.717) is 0 Å². The molecule has 0 nitrogen and oxygen atoms in total. The third kappa shape index (κ3) is 1.86. The summed E-state index contributed by atoms with van der Waals surface area (Å²) < 4.78 is 0. The molecule has 0 aliphatic heterocycles. The van der Waals surface area contributed by atoms with Crippen molar-refractivity contribution in [3.63, 3.8) is 0 Å². The van der Waals surface area contributed by atoms with Gasteiger partial charge in [-0.2, -0.15) is 0 Å². The fourth-order valence-corrected chi connectivity index (χ4v) is 3.50.